The molecule has 0 aromatic heterocycles. The van der Waals surface area contributed by atoms with E-state index in [2.05, 4.69) is 20.8 Å². The maximum atomic E-state index is 9.18. The Morgan fingerprint density at radius 2 is 1.54 bits per heavy atom. The molecule has 0 heterocycles. The molecule has 0 fully saturated rings. The molecule has 0 bridgehead atoms. The average molecular weight is 186 g/mol. The third kappa shape index (κ3) is 5.30. The minimum Gasteiger partial charge on any atom is -0.396 e. The van der Waals surface area contributed by atoms with Crippen LogP contribution in [0, 0.1) is 11.8 Å². The van der Waals surface area contributed by atoms with Gasteiger partial charge < -0.3 is 5.11 Å². The molecule has 1 N–H and O–H groups in total. The SMILES string of the molecule is CCCCC[C@H](CC)[C@@H](CC)CO. The molecular weight excluding hydrogens is 160 g/mol. The quantitative estimate of drug-likeness (QED) is 0.574. The molecule has 1 nitrogen and oxygen atoms in total. The van der Waals surface area contributed by atoms with E-state index < -0.39 is 0 Å². The Bertz CT molecular complexity index is 97.3. The van der Waals surface area contributed by atoms with Crippen molar-refractivity contribution in [2.45, 2.75) is 59.3 Å². The van der Waals surface area contributed by atoms with Crippen molar-refractivity contribution < 1.29 is 5.11 Å². The summed E-state index contributed by atoms with van der Waals surface area (Å²) in [6, 6.07) is 0. The highest BCUT2D eigenvalue weighted by atomic mass is 16.3. The van der Waals surface area contributed by atoms with Crippen LogP contribution in [0.5, 0.6) is 0 Å². The third-order valence-electron chi connectivity index (χ3n) is 3.13. The van der Waals surface area contributed by atoms with Crippen molar-refractivity contribution in [3.63, 3.8) is 0 Å². The molecule has 0 rings (SSSR count). The molecule has 0 aliphatic rings. The zero-order valence-corrected chi connectivity index (χ0v) is 9.55. The van der Waals surface area contributed by atoms with Crippen molar-refractivity contribution in [2.75, 3.05) is 6.61 Å². The fourth-order valence-electron chi connectivity index (χ4n) is 2.04. The predicted molar refractivity (Wildman–Crippen MR) is 58.8 cm³/mol. The highest BCUT2D eigenvalue weighted by Crippen LogP contribution is 2.24. The summed E-state index contributed by atoms with van der Waals surface area (Å²) in [7, 11) is 0. The summed E-state index contributed by atoms with van der Waals surface area (Å²) in [5.74, 6) is 1.29. The van der Waals surface area contributed by atoms with Crippen LogP contribution in [-0.4, -0.2) is 11.7 Å². The van der Waals surface area contributed by atoms with Crippen molar-refractivity contribution in [2.24, 2.45) is 11.8 Å². The lowest BCUT2D eigenvalue weighted by atomic mass is 9.84. The number of unbranched alkanes of at least 4 members (excludes halogenated alkanes) is 2. The van der Waals surface area contributed by atoms with Gasteiger partial charge in [0.2, 0.25) is 0 Å². The second-order valence-corrected chi connectivity index (χ2v) is 4.02. The minimum absolute atomic E-state index is 0.376. The predicted octanol–water partition coefficient (Wildman–Crippen LogP) is 3.61. The molecule has 0 saturated heterocycles. The van der Waals surface area contributed by atoms with Crippen molar-refractivity contribution in [1.82, 2.24) is 0 Å². The van der Waals surface area contributed by atoms with E-state index in [4.69, 9.17) is 0 Å². The zero-order valence-electron chi connectivity index (χ0n) is 9.55. The molecule has 0 aromatic carbocycles. The Balaban J connectivity index is 3.71. The Kier molecular flexibility index (Phi) is 8.53. The van der Waals surface area contributed by atoms with Gasteiger partial charge in [-0.25, -0.2) is 0 Å². The molecule has 80 valence electrons. The number of aliphatic hydroxyl groups excluding tert-OH is 1. The summed E-state index contributed by atoms with van der Waals surface area (Å²) < 4.78 is 0. The summed E-state index contributed by atoms with van der Waals surface area (Å²) in [4.78, 5) is 0. The molecule has 1 heteroatoms. The second kappa shape index (κ2) is 8.55. The molecular formula is C12H26O. The van der Waals surface area contributed by atoms with Gasteiger partial charge in [-0.3, -0.25) is 0 Å². The van der Waals surface area contributed by atoms with Gasteiger partial charge in [0.05, 0.1) is 0 Å². The smallest absolute Gasteiger partial charge is 0.0461 e. The molecule has 0 aliphatic carbocycles. The summed E-state index contributed by atoms with van der Waals surface area (Å²) >= 11 is 0. The third-order valence-corrected chi connectivity index (χ3v) is 3.13. The number of rotatable bonds is 8. The number of aliphatic hydroxyl groups is 1. The second-order valence-electron chi connectivity index (χ2n) is 4.02. The van der Waals surface area contributed by atoms with Crippen molar-refractivity contribution >= 4 is 0 Å². The standard InChI is InChI=1S/C12H26O/c1-4-7-8-9-11(5-2)12(6-3)10-13/h11-13H,4-10H2,1-3H3/t11-,12-/m0/s1. The van der Waals surface area contributed by atoms with Crippen molar-refractivity contribution in [3.8, 4) is 0 Å². The monoisotopic (exact) mass is 186 g/mol. The van der Waals surface area contributed by atoms with Crippen LogP contribution < -0.4 is 0 Å². The summed E-state index contributed by atoms with van der Waals surface area (Å²) in [5.41, 5.74) is 0. The number of hydrogen-bond acceptors (Lipinski definition) is 1. The average Bonchev–Trinajstić information content (AvgIpc) is 2.17. The Hall–Kier alpha value is -0.0400. The van der Waals surface area contributed by atoms with Crippen molar-refractivity contribution in [3.05, 3.63) is 0 Å². The topological polar surface area (TPSA) is 20.2 Å². The van der Waals surface area contributed by atoms with Crippen LogP contribution in [0.2, 0.25) is 0 Å². The largest absolute Gasteiger partial charge is 0.396 e. The van der Waals surface area contributed by atoms with Gasteiger partial charge in [-0.1, -0.05) is 59.3 Å². The van der Waals surface area contributed by atoms with Crippen LogP contribution in [0.25, 0.3) is 0 Å². The summed E-state index contributed by atoms with van der Waals surface area (Å²) in [6.45, 7) is 7.05. The van der Waals surface area contributed by atoms with Gasteiger partial charge in [0.1, 0.15) is 0 Å². The van der Waals surface area contributed by atoms with Gasteiger partial charge in [-0.2, -0.15) is 0 Å². The van der Waals surface area contributed by atoms with Crippen molar-refractivity contribution in [1.29, 1.82) is 0 Å². The van der Waals surface area contributed by atoms with Crippen LogP contribution >= 0.6 is 0 Å². The van der Waals surface area contributed by atoms with Gasteiger partial charge in [-0.05, 0) is 11.8 Å². The fourth-order valence-corrected chi connectivity index (χ4v) is 2.04. The first-order valence-electron chi connectivity index (χ1n) is 5.90. The summed E-state index contributed by atoms with van der Waals surface area (Å²) in [5, 5.41) is 9.18. The molecule has 0 spiro atoms. The maximum absolute atomic E-state index is 9.18. The molecule has 0 aliphatic heterocycles. The highest BCUT2D eigenvalue weighted by Gasteiger charge is 2.16. The highest BCUT2D eigenvalue weighted by molar-refractivity contribution is 4.67. The van der Waals surface area contributed by atoms with E-state index in [0.29, 0.717) is 12.5 Å². The van der Waals surface area contributed by atoms with E-state index in [1.807, 2.05) is 0 Å². The van der Waals surface area contributed by atoms with Crippen LogP contribution in [0.1, 0.15) is 59.3 Å². The first-order chi connectivity index (χ1) is 6.29. The van der Waals surface area contributed by atoms with E-state index in [0.717, 1.165) is 12.3 Å². The lowest BCUT2D eigenvalue weighted by Crippen LogP contribution is -2.17. The first-order valence-corrected chi connectivity index (χ1v) is 5.90. The first kappa shape index (κ1) is 13.0. The zero-order chi connectivity index (χ0) is 10.1. The fraction of sp³-hybridized carbons (Fsp3) is 1.00. The van der Waals surface area contributed by atoms with Gasteiger partial charge in [0, 0.05) is 6.61 Å². The molecule has 0 amide bonds. The molecule has 0 radical (unpaired) electrons. The van der Waals surface area contributed by atoms with Gasteiger partial charge >= 0.3 is 0 Å². The molecule has 0 saturated carbocycles. The van der Waals surface area contributed by atoms with E-state index in [1.165, 1.54) is 32.1 Å². The van der Waals surface area contributed by atoms with Crippen LogP contribution in [0.4, 0.5) is 0 Å². The number of hydrogen-bond donors (Lipinski definition) is 1. The van der Waals surface area contributed by atoms with Crippen LogP contribution in [0.3, 0.4) is 0 Å². The van der Waals surface area contributed by atoms with E-state index >= 15 is 0 Å². The van der Waals surface area contributed by atoms with Gasteiger partial charge in [0.25, 0.3) is 0 Å². The van der Waals surface area contributed by atoms with Crippen LogP contribution in [0.15, 0.2) is 0 Å². The summed E-state index contributed by atoms with van der Waals surface area (Å²) in [6.07, 6.45) is 7.64. The Labute approximate surface area is 83.5 Å². The minimum atomic E-state index is 0.376. The Morgan fingerprint density at radius 3 is 1.92 bits per heavy atom. The van der Waals surface area contributed by atoms with E-state index in [-0.39, 0.29) is 0 Å². The lowest BCUT2D eigenvalue weighted by Gasteiger charge is -2.23. The molecule has 2 atom stereocenters. The molecule has 0 unspecified atom stereocenters. The Morgan fingerprint density at radius 1 is 0.923 bits per heavy atom. The van der Waals surface area contributed by atoms with E-state index in [1.54, 1.807) is 0 Å². The van der Waals surface area contributed by atoms with Crippen LogP contribution in [-0.2, 0) is 0 Å². The molecule has 0 aromatic rings. The maximum Gasteiger partial charge on any atom is 0.0461 e. The molecule has 13 heavy (non-hydrogen) atoms. The van der Waals surface area contributed by atoms with E-state index in [9.17, 15) is 5.11 Å². The normalized spacial score (nSPS) is 15.7. The lowest BCUT2D eigenvalue weighted by molar-refractivity contribution is 0.159. The van der Waals surface area contributed by atoms with Gasteiger partial charge in [-0.15, -0.1) is 0 Å². The van der Waals surface area contributed by atoms with Gasteiger partial charge in [0.15, 0.2) is 0 Å².